The van der Waals surface area contributed by atoms with E-state index in [9.17, 15) is 9.59 Å². The Bertz CT molecular complexity index is 1130. The second kappa shape index (κ2) is 7.67. The maximum absolute atomic E-state index is 11.4. The normalized spacial score (nSPS) is 12.4. The minimum absolute atomic E-state index is 0.0325. The van der Waals surface area contributed by atoms with Crippen molar-refractivity contribution in [2.24, 2.45) is 24.1 Å². The number of Topliss-reactive ketones (excluding diaryl/α,β-unsaturated/α-hetero) is 2. The molecule has 3 aromatic rings. The van der Waals surface area contributed by atoms with Gasteiger partial charge in [0, 0.05) is 25.2 Å². The quantitative estimate of drug-likeness (QED) is 0.652. The SMILES string of the molecule is CC(=O)c1ccc(N=c2sn(C)c(=Nc3ccc(C(C)=O)cc3)n2C)cc1. The van der Waals surface area contributed by atoms with E-state index in [4.69, 9.17) is 0 Å². The average molecular weight is 380 g/mol. The lowest BCUT2D eigenvalue weighted by Gasteiger charge is -1.98. The molecule has 0 aliphatic heterocycles. The van der Waals surface area contributed by atoms with Gasteiger partial charge in [-0.3, -0.25) is 18.1 Å². The van der Waals surface area contributed by atoms with Crippen LogP contribution in [0, 0.1) is 0 Å². The van der Waals surface area contributed by atoms with Crippen LogP contribution in [0.5, 0.6) is 0 Å². The van der Waals surface area contributed by atoms with E-state index in [0.29, 0.717) is 11.1 Å². The van der Waals surface area contributed by atoms with E-state index in [2.05, 4.69) is 9.98 Å². The lowest BCUT2D eigenvalue weighted by Crippen LogP contribution is -2.26. The molecule has 3 rings (SSSR count). The van der Waals surface area contributed by atoms with Crippen molar-refractivity contribution in [1.29, 1.82) is 0 Å². The van der Waals surface area contributed by atoms with Gasteiger partial charge >= 0.3 is 0 Å². The molecule has 0 N–H and O–H groups in total. The summed E-state index contributed by atoms with van der Waals surface area (Å²) in [7, 11) is 3.83. The molecule has 0 saturated carbocycles. The number of benzene rings is 2. The lowest BCUT2D eigenvalue weighted by atomic mass is 10.1. The molecule has 27 heavy (non-hydrogen) atoms. The van der Waals surface area contributed by atoms with Crippen LogP contribution in [0.15, 0.2) is 58.5 Å². The monoisotopic (exact) mass is 380 g/mol. The molecule has 0 radical (unpaired) electrons. The predicted octanol–water partition coefficient (Wildman–Crippen LogP) is 3.30. The van der Waals surface area contributed by atoms with Gasteiger partial charge in [0.25, 0.3) is 0 Å². The summed E-state index contributed by atoms with van der Waals surface area (Å²) >= 11 is 1.47. The molecule has 138 valence electrons. The second-order valence-corrected chi connectivity index (χ2v) is 7.26. The molecule has 0 aliphatic rings. The van der Waals surface area contributed by atoms with Gasteiger partial charge in [0.2, 0.25) is 10.4 Å². The summed E-state index contributed by atoms with van der Waals surface area (Å²) in [5.41, 5.74) is 3.61. The Kier molecular flexibility index (Phi) is 5.32. The molecule has 0 bridgehead atoms. The largest absolute Gasteiger partial charge is 0.295 e. The molecule has 1 aromatic heterocycles. The van der Waals surface area contributed by atoms with Crippen LogP contribution >= 0.6 is 11.5 Å². The van der Waals surface area contributed by atoms with Crippen LogP contribution in [-0.2, 0) is 14.1 Å². The van der Waals surface area contributed by atoms with Crippen molar-refractivity contribution in [3.8, 4) is 0 Å². The Labute approximate surface area is 160 Å². The van der Waals surface area contributed by atoms with Crippen LogP contribution in [-0.4, -0.2) is 20.1 Å². The number of carbonyl (C=O) groups is 2. The zero-order valence-electron chi connectivity index (χ0n) is 15.6. The van der Waals surface area contributed by atoms with E-state index < -0.39 is 0 Å². The van der Waals surface area contributed by atoms with Crippen molar-refractivity contribution in [2.45, 2.75) is 13.8 Å². The van der Waals surface area contributed by atoms with E-state index in [1.54, 1.807) is 38.1 Å². The third kappa shape index (κ3) is 4.20. The summed E-state index contributed by atoms with van der Waals surface area (Å²) in [5.74, 6) is 0.0663. The molecule has 0 fully saturated rings. The van der Waals surface area contributed by atoms with Crippen molar-refractivity contribution in [1.82, 2.24) is 8.52 Å². The van der Waals surface area contributed by atoms with Crippen molar-refractivity contribution in [2.75, 3.05) is 0 Å². The molecule has 0 saturated heterocycles. The average Bonchev–Trinajstić information content (AvgIpc) is 2.90. The molecule has 0 aliphatic carbocycles. The summed E-state index contributed by atoms with van der Waals surface area (Å²) in [5, 5.41) is 0. The number of rotatable bonds is 4. The molecule has 0 amide bonds. The van der Waals surface area contributed by atoms with E-state index >= 15 is 0 Å². The minimum atomic E-state index is 0.0325. The standard InChI is InChI=1S/C20H20N4O2S/c1-13(25)15-5-9-17(10-6-15)21-19-23(3)20(27-24(19)4)22-18-11-7-16(8-12-18)14(2)26/h5-12H,1-4H3. The molecule has 1 heterocycles. The molecule has 6 nitrogen and oxygen atoms in total. The van der Waals surface area contributed by atoms with Gasteiger partial charge in [0.15, 0.2) is 11.6 Å². The van der Waals surface area contributed by atoms with Crippen molar-refractivity contribution in [3.63, 3.8) is 0 Å². The number of carbonyl (C=O) groups excluding carboxylic acids is 2. The zero-order chi connectivity index (χ0) is 19.6. The van der Waals surface area contributed by atoms with Gasteiger partial charge in [0.05, 0.1) is 11.4 Å². The van der Waals surface area contributed by atoms with Crippen LogP contribution in [0.1, 0.15) is 34.6 Å². The fourth-order valence-corrected chi connectivity index (χ4v) is 3.37. The molecular weight excluding hydrogens is 360 g/mol. The number of hydrogen-bond acceptors (Lipinski definition) is 5. The van der Waals surface area contributed by atoms with Gasteiger partial charge < -0.3 is 0 Å². The first-order valence-corrected chi connectivity index (χ1v) is 9.17. The maximum Gasteiger partial charge on any atom is 0.221 e. The number of aromatic nitrogens is 2. The smallest absolute Gasteiger partial charge is 0.221 e. The molecule has 0 atom stereocenters. The fraction of sp³-hybridized carbons (Fsp3) is 0.200. The lowest BCUT2D eigenvalue weighted by molar-refractivity contribution is 0.100. The number of hydrogen-bond donors (Lipinski definition) is 0. The first kappa shape index (κ1) is 18.7. The first-order chi connectivity index (χ1) is 12.8. The fourth-order valence-electron chi connectivity index (χ4n) is 2.53. The van der Waals surface area contributed by atoms with E-state index in [1.807, 2.05) is 46.9 Å². The van der Waals surface area contributed by atoms with E-state index in [1.165, 1.54) is 11.5 Å². The van der Waals surface area contributed by atoms with E-state index in [0.717, 1.165) is 21.8 Å². The first-order valence-electron chi connectivity index (χ1n) is 8.40. The van der Waals surface area contributed by atoms with Gasteiger partial charge in [-0.2, -0.15) is 0 Å². The van der Waals surface area contributed by atoms with Gasteiger partial charge in [-0.15, -0.1) is 0 Å². The number of ketones is 2. The van der Waals surface area contributed by atoms with Gasteiger partial charge in [-0.05, 0) is 73.9 Å². The summed E-state index contributed by atoms with van der Waals surface area (Å²) in [6.45, 7) is 3.09. The van der Waals surface area contributed by atoms with Crippen molar-refractivity contribution < 1.29 is 9.59 Å². The molecule has 0 spiro atoms. The van der Waals surface area contributed by atoms with Gasteiger partial charge in [0.1, 0.15) is 0 Å². The summed E-state index contributed by atoms with van der Waals surface area (Å²) in [4.78, 5) is 32.9. The van der Waals surface area contributed by atoms with Crippen LogP contribution in [0.2, 0.25) is 0 Å². The van der Waals surface area contributed by atoms with Crippen LogP contribution < -0.4 is 10.4 Å². The Hall–Kier alpha value is -3.06. The molecule has 7 heteroatoms. The predicted molar refractivity (Wildman–Crippen MR) is 106 cm³/mol. The highest BCUT2D eigenvalue weighted by molar-refractivity contribution is 7.03. The van der Waals surface area contributed by atoms with Crippen molar-refractivity contribution >= 4 is 34.5 Å². The zero-order valence-corrected chi connectivity index (χ0v) is 16.4. The highest BCUT2D eigenvalue weighted by Crippen LogP contribution is 2.14. The maximum atomic E-state index is 11.4. The number of nitrogens with zero attached hydrogens (tertiary/aromatic N) is 4. The molecular formula is C20H20N4O2S. The third-order valence-electron chi connectivity index (χ3n) is 4.09. The van der Waals surface area contributed by atoms with Crippen molar-refractivity contribution in [3.05, 3.63) is 70.1 Å². The van der Waals surface area contributed by atoms with Gasteiger partial charge in [-0.25, -0.2) is 9.98 Å². The van der Waals surface area contributed by atoms with Crippen LogP contribution in [0.4, 0.5) is 11.4 Å². The highest BCUT2D eigenvalue weighted by Gasteiger charge is 2.03. The topological polar surface area (TPSA) is 68.7 Å². The highest BCUT2D eigenvalue weighted by atomic mass is 32.1. The second-order valence-electron chi connectivity index (χ2n) is 6.16. The van der Waals surface area contributed by atoms with Gasteiger partial charge in [-0.1, -0.05) is 0 Å². The Morgan fingerprint density at radius 3 is 1.67 bits per heavy atom. The Morgan fingerprint density at radius 2 is 1.22 bits per heavy atom. The Balaban J connectivity index is 2.01. The summed E-state index contributed by atoms with van der Waals surface area (Å²) < 4.78 is 3.84. The summed E-state index contributed by atoms with van der Waals surface area (Å²) in [6.07, 6.45) is 0. The Morgan fingerprint density at radius 1 is 0.778 bits per heavy atom. The number of aryl methyl sites for hydroxylation is 1. The molecule has 2 aromatic carbocycles. The molecule has 0 unspecified atom stereocenters. The van der Waals surface area contributed by atoms with E-state index in [-0.39, 0.29) is 11.6 Å². The van der Waals surface area contributed by atoms with Crippen LogP contribution in [0.3, 0.4) is 0 Å². The van der Waals surface area contributed by atoms with Crippen LogP contribution in [0.25, 0.3) is 0 Å². The minimum Gasteiger partial charge on any atom is -0.295 e. The third-order valence-corrected chi connectivity index (χ3v) is 5.05. The summed E-state index contributed by atoms with van der Waals surface area (Å²) in [6, 6.07) is 14.4.